The Balaban J connectivity index is 4.53. The smallest absolute Gasteiger partial charge is 0.306 e. The number of unbranched alkanes of at least 4 members (excludes halogenated alkanes) is 11. The molecule has 9 heteroatoms. The number of allylic oxidation sites excluding steroid dienone is 18. The summed E-state index contributed by atoms with van der Waals surface area (Å²) in [7, 11) is 5.87. The van der Waals surface area contributed by atoms with E-state index in [9.17, 15) is 19.5 Å². The van der Waals surface area contributed by atoms with Gasteiger partial charge in [-0.25, -0.2) is 0 Å². The van der Waals surface area contributed by atoms with Crippen LogP contribution in [0.3, 0.4) is 0 Å². The van der Waals surface area contributed by atoms with Gasteiger partial charge in [-0.15, -0.1) is 0 Å². The molecule has 0 aliphatic heterocycles. The number of carbonyl (C=O) groups is 3. The molecule has 9 nitrogen and oxygen atoms in total. The predicted octanol–water partition coefficient (Wildman–Crippen LogP) is 12.7. The number of aliphatic carboxylic acids is 1. The third-order valence-corrected chi connectivity index (χ3v) is 10.0. The molecule has 0 fully saturated rings. The van der Waals surface area contributed by atoms with E-state index >= 15 is 0 Å². The van der Waals surface area contributed by atoms with E-state index in [1.807, 2.05) is 33.3 Å². The Kier molecular flexibility index (Phi) is 43.6. The van der Waals surface area contributed by atoms with Gasteiger partial charge >= 0.3 is 11.9 Å². The van der Waals surface area contributed by atoms with Crippen molar-refractivity contribution in [2.75, 3.05) is 47.5 Å². The molecule has 0 saturated heterocycles. The number of carboxylic acids is 1. The van der Waals surface area contributed by atoms with Crippen LogP contribution in [0.5, 0.6) is 0 Å². The highest BCUT2D eigenvalue weighted by Crippen LogP contribution is 2.12. The number of carbonyl (C=O) groups excluding carboxylic acids is 3. The fourth-order valence-corrected chi connectivity index (χ4v) is 6.15. The van der Waals surface area contributed by atoms with Gasteiger partial charge < -0.3 is 33.3 Å². The van der Waals surface area contributed by atoms with Crippen molar-refractivity contribution in [1.29, 1.82) is 0 Å². The van der Waals surface area contributed by atoms with Crippen molar-refractivity contribution in [1.82, 2.24) is 0 Å². The van der Waals surface area contributed by atoms with Gasteiger partial charge in [0, 0.05) is 12.8 Å². The van der Waals surface area contributed by atoms with E-state index in [4.69, 9.17) is 18.9 Å². The highest BCUT2D eigenvalue weighted by molar-refractivity contribution is 5.70. The molecule has 0 aliphatic rings. The number of hydrogen-bond acceptors (Lipinski definition) is 8. The van der Waals surface area contributed by atoms with Crippen LogP contribution in [0.25, 0.3) is 0 Å². The van der Waals surface area contributed by atoms with Crippen LogP contribution in [0.4, 0.5) is 0 Å². The number of ether oxygens (including phenoxy) is 4. The highest BCUT2D eigenvalue weighted by Gasteiger charge is 2.21. The van der Waals surface area contributed by atoms with E-state index < -0.39 is 30.3 Å². The van der Waals surface area contributed by atoms with Crippen LogP contribution in [0.1, 0.15) is 168 Å². The average Bonchev–Trinajstić information content (AvgIpc) is 3.27. The van der Waals surface area contributed by atoms with Crippen molar-refractivity contribution in [2.45, 2.75) is 180 Å². The Bertz CT molecular complexity index is 1430. The van der Waals surface area contributed by atoms with Gasteiger partial charge in [0.2, 0.25) is 0 Å². The molecule has 0 bridgehead atoms. The third kappa shape index (κ3) is 47.7. The van der Waals surface area contributed by atoms with E-state index in [0.29, 0.717) is 23.9 Å². The summed E-state index contributed by atoms with van der Waals surface area (Å²) < 4.78 is 22.5. The summed E-state index contributed by atoms with van der Waals surface area (Å²) in [6.45, 7) is 4.49. The quantitative estimate of drug-likeness (QED) is 0.0195. The zero-order valence-electron chi connectivity index (χ0n) is 41.6. The van der Waals surface area contributed by atoms with Crippen molar-refractivity contribution in [2.24, 2.45) is 0 Å². The fraction of sp³-hybridized carbons (Fsp3) is 0.625. The molecule has 0 spiro atoms. The van der Waals surface area contributed by atoms with Gasteiger partial charge in [-0.3, -0.25) is 9.59 Å². The number of esters is 2. The summed E-state index contributed by atoms with van der Waals surface area (Å²) >= 11 is 0. The first-order valence-corrected chi connectivity index (χ1v) is 25.0. The maximum absolute atomic E-state index is 12.8. The summed E-state index contributed by atoms with van der Waals surface area (Å²) in [6.07, 6.45) is 59.9. The second kappa shape index (κ2) is 46.5. The number of nitrogens with zero attached hydrogens (tertiary/aromatic N) is 1. The molecule has 65 heavy (non-hydrogen) atoms. The highest BCUT2D eigenvalue weighted by atomic mass is 16.7. The van der Waals surface area contributed by atoms with Crippen molar-refractivity contribution < 1.29 is 42.9 Å². The molecule has 0 heterocycles. The first-order valence-electron chi connectivity index (χ1n) is 25.0. The number of likely N-dealkylation sites (N-methyl/N-ethyl adjacent to an activating group) is 1. The molecule has 368 valence electrons. The van der Waals surface area contributed by atoms with E-state index in [1.165, 1.54) is 38.5 Å². The maximum Gasteiger partial charge on any atom is 0.306 e. The van der Waals surface area contributed by atoms with Crippen LogP contribution < -0.4 is 5.11 Å². The molecule has 0 N–H and O–H groups in total. The van der Waals surface area contributed by atoms with Crippen molar-refractivity contribution >= 4 is 17.9 Å². The van der Waals surface area contributed by atoms with Crippen LogP contribution in [-0.2, 0) is 33.3 Å². The Hall–Kier alpha value is -4.05. The second-order valence-electron chi connectivity index (χ2n) is 17.4. The minimum atomic E-state index is -1.65. The number of quaternary nitrogens is 1. The standard InChI is InChI=1S/C56H91NO8/c1-6-8-10-12-14-16-18-20-22-24-26-27-29-30-32-34-36-38-40-42-44-46-53(58)63-50-52(51-64-56(55(60)61)62-49-48-57(3,4)5)65-54(59)47-45-43-41-39-37-35-33-31-28-25-23-21-19-17-15-13-11-9-7-2/h9,11,15,17-18,20-21,23-24,26,28-31,35,37,41,43,52,56H,6-8,10,12-14,16,19,22,25,27,32-34,36,38-40,42,44-51H2,1-5H3/b11-9-,17-15-,20-18-,23-21-,26-24-,30-29-,31-28-,37-35-,43-41-. The van der Waals surface area contributed by atoms with Crippen LogP contribution in [0.15, 0.2) is 109 Å². The zero-order valence-corrected chi connectivity index (χ0v) is 41.6. The summed E-state index contributed by atoms with van der Waals surface area (Å²) in [6, 6.07) is 0. The maximum atomic E-state index is 12.8. The summed E-state index contributed by atoms with van der Waals surface area (Å²) in [5.74, 6) is -2.43. The van der Waals surface area contributed by atoms with Crippen molar-refractivity contribution in [3.63, 3.8) is 0 Å². The first-order chi connectivity index (χ1) is 31.6. The van der Waals surface area contributed by atoms with E-state index in [1.54, 1.807) is 0 Å². The van der Waals surface area contributed by atoms with Crippen molar-refractivity contribution in [3.8, 4) is 0 Å². The Labute approximate surface area is 396 Å². The molecular formula is C56H91NO8. The van der Waals surface area contributed by atoms with Crippen LogP contribution >= 0.6 is 0 Å². The lowest BCUT2D eigenvalue weighted by atomic mass is 10.1. The largest absolute Gasteiger partial charge is 0.545 e. The lowest BCUT2D eigenvalue weighted by Gasteiger charge is -2.26. The molecule has 0 saturated carbocycles. The molecule has 0 rings (SSSR count). The molecule has 0 aromatic rings. The lowest BCUT2D eigenvalue weighted by molar-refractivity contribution is -0.870. The number of rotatable bonds is 44. The topological polar surface area (TPSA) is 111 Å². The predicted molar refractivity (Wildman–Crippen MR) is 269 cm³/mol. The Morgan fingerprint density at radius 1 is 0.477 bits per heavy atom. The lowest BCUT2D eigenvalue weighted by Crippen LogP contribution is -2.44. The molecule has 2 atom stereocenters. The molecule has 0 aromatic carbocycles. The minimum absolute atomic E-state index is 0.113. The molecule has 0 amide bonds. The normalized spacial score (nSPS) is 13.8. The number of carboxylic acid groups (broad SMARTS) is 1. The first kappa shape index (κ1) is 60.9. The van der Waals surface area contributed by atoms with Gasteiger partial charge in [0.15, 0.2) is 12.4 Å². The molecule has 2 unspecified atom stereocenters. The second-order valence-corrected chi connectivity index (χ2v) is 17.4. The number of hydrogen-bond donors (Lipinski definition) is 0. The van der Waals surface area contributed by atoms with Gasteiger partial charge in [-0.05, 0) is 89.9 Å². The van der Waals surface area contributed by atoms with Crippen LogP contribution in [0, 0.1) is 0 Å². The average molecular weight is 906 g/mol. The van der Waals surface area contributed by atoms with Gasteiger partial charge in [0.1, 0.15) is 13.2 Å². The molecular weight excluding hydrogens is 815 g/mol. The van der Waals surface area contributed by atoms with E-state index in [0.717, 1.165) is 89.9 Å². The van der Waals surface area contributed by atoms with Crippen molar-refractivity contribution in [3.05, 3.63) is 109 Å². The Morgan fingerprint density at radius 2 is 0.908 bits per heavy atom. The molecule has 0 aliphatic carbocycles. The van der Waals surface area contributed by atoms with Gasteiger partial charge in [-0.2, -0.15) is 0 Å². The Morgan fingerprint density at radius 3 is 1.37 bits per heavy atom. The third-order valence-electron chi connectivity index (χ3n) is 10.0. The van der Waals surface area contributed by atoms with Gasteiger partial charge in [-0.1, -0.05) is 175 Å². The fourth-order valence-electron chi connectivity index (χ4n) is 6.15. The minimum Gasteiger partial charge on any atom is -0.545 e. The van der Waals surface area contributed by atoms with Gasteiger partial charge in [0.05, 0.1) is 40.3 Å². The monoisotopic (exact) mass is 906 g/mol. The molecule has 0 aromatic heterocycles. The SMILES string of the molecule is CC/C=C\C/C=C\C/C=C\C/C=C\C/C=C\C/C=C\CCC(=O)OC(COC(=O)CCCCCCCC/C=C\C/C=C\C/C=C\CCCCCCC)COC(OCC[N+](C)(C)C)C(=O)[O-]. The van der Waals surface area contributed by atoms with Crippen LogP contribution in [-0.4, -0.2) is 82.3 Å². The summed E-state index contributed by atoms with van der Waals surface area (Å²) in [5.41, 5.74) is 0. The summed E-state index contributed by atoms with van der Waals surface area (Å²) in [4.78, 5) is 37.1. The summed E-state index contributed by atoms with van der Waals surface area (Å²) in [5, 5.41) is 11.7. The van der Waals surface area contributed by atoms with E-state index in [2.05, 4.69) is 111 Å². The molecule has 0 radical (unpaired) electrons. The van der Waals surface area contributed by atoms with E-state index in [-0.39, 0.29) is 32.7 Å². The van der Waals surface area contributed by atoms with Crippen LogP contribution in [0.2, 0.25) is 0 Å². The zero-order chi connectivity index (χ0) is 47.7. The van der Waals surface area contributed by atoms with Gasteiger partial charge in [0.25, 0.3) is 0 Å².